The number of nitrogens with zero attached hydrogens (tertiary/aromatic N) is 4. The van der Waals surface area contributed by atoms with Gasteiger partial charge in [0.15, 0.2) is 17.7 Å². The minimum absolute atomic E-state index is 0.0315. The van der Waals surface area contributed by atoms with Gasteiger partial charge in [-0.15, -0.1) is 0 Å². The van der Waals surface area contributed by atoms with Crippen molar-refractivity contribution in [2.75, 3.05) is 30.5 Å². The Morgan fingerprint density at radius 1 is 1.34 bits per heavy atom. The van der Waals surface area contributed by atoms with Crippen molar-refractivity contribution in [3.8, 4) is 23.8 Å². The summed E-state index contributed by atoms with van der Waals surface area (Å²) in [5, 5.41) is 24.0. The van der Waals surface area contributed by atoms with E-state index >= 15 is 0 Å². The van der Waals surface area contributed by atoms with Crippen molar-refractivity contribution in [3.63, 3.8) is 0 Å². The Labute approximate surface area is 171 Å². The molecule has 10 nitrogen and oxygen atoms in total. The predicted molar refractivity (Wildman–Crippen MR) is 109 cm³/mol. The molecule has 2 heterocycles. The van der Waals surface area contributed by atoms with E-state index in [1.807, 2.05) is 13.0 Å². The second-order valence-electron chi connectivity index (χ2n) is 5.87. The van der Waals surface area contributed by atoms with Crippen LogP contribution in [0, 0.1) is 22.8 Å². The lowest BCUT2D eigenvalue weighted by molar-refractivity contribution is 0.310. The summed E-state index contributed by atoms with van der Waals surface area (Å²) in [6.07, 6.45) is 1.80. The maximum atomic E-state index is 9.40. The van der Waals surface area contributed by atoms with E-state index < -0.39 is 6.04 Å². The average Bonchev–Trinajstić information content (AvgIpc) is 2.67. The van der Waals surface area contributed by atoms with E-state index in [2.05, 4.69) is 20.6 Å². The number of pyridine rings is 1. The zero-order chi connectivity index (χ0) is 21.1. The Hall–Kier alpha value is -3.89. The number of nitriles is 2. The van der Waals surface area contributed by atoms with Crippen molar-refractivity contribution < 1.29 is 9.47 Å². The fourth-order valence-electron chi connectivity index (χ4n) is 3.03. The molecule has 1 aromatic heterocycles. The number of anilines is 3. The number of hydrogen-bond acceptors (Lipinski definition) is 10. The standard InChI is InChI=1S/C18H17ClN8O2/c1-3-29-11-5-8(4-10(19)15(11)28-2)14-12-13(22)9(6-20)16(23)26-17(12)27-18(25-14)24-7-21/h4-5,14H,3H2,1-2H3,(H6,22,23,24,25,26,27). The highest BCUT2D eigenvalue weighted by atomic mass is 35.5. The van der Waals surface area contributed by atoms with Gasteiger partial charge >= 0.3 is 0 Å². The lowest BCUT2D eigenvalue weighted by Gasteiger charge is -2.26. The van der Waals surface area contributed by atoms with Gasteiger partial charge < -0.3 is 26.3 Å². The van der Waals surface area contributed by atoms with E-state index in [-0.39, 0.29) is 28.8 Å². The number of ether oxygens (including phenoxy) is 2. The maximum Gasteiger partial charge on any atom is 0.211 e. The quantitative estimate of drug-likeness (QED) is 0.434. The Morgan fingerprint density at radius 2 is 2.10 bits per heavy atom. The minimum atomic E-state index is -0.732. The number of rotatable bonds is 4. The lowest BCUT2D eigenvalue weighted by atomic mass is 9.95. The molecule has 0 saturated carbocycles. The van der Waals surface area contributed by atoms with Gasteiger partial charge in [0.2, 0.25) is 5.96 Å². The molecule has 0 bridgehead atoms. The summed E-state index contributed by atoms with van der Waals surface area (Å²) in [7, 11) is 1.49. The van der Waals surface area contributed by atoms with Gasteiger partial charge in [0.1, 0.15) is 29.3 Å². The normalized spacial score (nSPS) is 14.5. The second-order valence-corrected chi connectivity index (χ2v) is 6.28. The number of halogens is 1. The molecule has 0 radical (unpaired) electrons. The molecule has 1 atom stereocenters. The summed E-state index contributed by atoms with van der Waals surface area (Å²) in [5.74, 6) is 1.19. The smallest absolute Gasteiger partial charge is 0.211 e. The second kappa shape index (κ2) is 8.00. The number of benzene rings is 1. The summed E-state index contributed by atoms with van der Waals surface area (Å²) in [4.78, 5) is 8.71. The zero-order valence-corrected chi connectivity index (χ0v) is 16.3. The van der Waals surface area contributed by atoms with Crippen LogP contribution in [0.4, 0.5) is 17.3 Å². The van der Waals surface area contributed by atoms with Gasteiger partial charge in [0.05, 0.1) is 24.4 Å². The number of fused-ring (bicyclic) bond motifs is 1. The number of methoxy groups -OCH3 is 1. The van der Waals surface area contributed by atoms with Crippen LogP contribution in [0.5, 0.6) is 11.5 Å². The third kappa shape index (κ3) is 3.49. The molecule has 6 N–H and O–H groups in total. The summed E-state index contributed by atoms with van der Waals surface area (Å²) in [6.45, 7) is 2.22. The van der Waals surface area contributed by atoms with Crippen LogP contribution in [-0.2, 0) is 0 Å². The molecular weight excluding hydrogens is 396 g/mol. The molecule has 11 heteroatoms. The number of hydrogen-bond donors (Lipinski definition) is 4. The number of nitrogen functional groups attached to an aromatic ring is 2. The molecule has 148 valence electrons. The Bertz CT molecular complexity index is 1090. The van der Waals surface area contributed by atoms with Crippen LogP contribution in [0.15, 0.2) is 17.1 Å². The van der Waals surface area contributed by atoms with E-state index in [0.717, 1.165) is 0 Å². The predicted octanol–water partition coefficient (Wildman–Crippen LogP) is 2.12. The zero-order valence-electron chi connectivity index (χ0n) is 15.6. The van der Waals surface area contributed by atoms with Gasteiger partial charge in [-0.1, -0.05) is 11.6 Å². The molecule has 2 aromatic rings. The van der Waals surface area contributed by atoms with Crippen LogP contribution in [-0.4, -0.2) is 24.7 Å². The summed E-state index contributed by atoms with van der Waals surface area (Å²) >= 11 is 6.38. The number of aromatic nitrogens is 1. The Balaban J connectivity index is 2.27. The van der Waals surface area contributed by atoms with Gasteiger partial charge in [-0.05, 0) is 24.6 Å². The van der Waals surface area contributed by atoms with Crippen molar-refractivity contribution in [1.29, 1.82) is 10.5 Å². The summed E-state index contributed by atoms with van der Waals surface area (Å²) in [6, 6.07) is 4.59. The number of aliphatic imine (C=N–C) groups is 1. The largest absolute Gasteiger partial charge is 0.491 e. The third-order valence-corrected chi connectivity index (χ3v) is 4.49. The van der Waals surface area contributed by atoms with Crippen molar-refractivity contribution in [2.45, 2.75) is 13.0 Å². The molecule has 0 saturated heterocycles. The van der Waals surface area contributed by atoms with Crippen LogP contribution in [0.3, 0.4) is 0 Å². The van der Waals surface area contributed by atoms with Crippen molar-refractivity contribution in [3.05, 3.63) is 33.8 Å². The van der Waals surface area contributed by atoms with E-state index in [9.17, 15) is 5.26 Å². The van der Waals surface area contributed by atoms with Crippen LogP contribution in [0.2, 0.25) is 5.02 Å². The van der Waals surface area contributed by atoms with Gasteiger partial charge in [0, 0.05) is 5.56 Å². The van der Waals surface area contributed by atoms with Crippen molar-refractivity contribution in [1.82, 2.24) is 10.3 Å². The molecule has 1 unspecified atom stereocenters. The Morgan fingerprint density at radius 3 is 2.72 bits per heavy atom. The molecule has 1 aliphatic rings. The first-order valence-electron chi connectivity index (χ1n) is 8.44. The minimum Gasteiger partial charge on any atom is -0.491 e. The highest BCUT2D eigenvalue weighted by Gasteiger charge is 2.30. The van der Waals surface area contributed by atoms with Crippen molar-refractivity contribution >= 4 is 34.9 Å². The van der Waals surface area contributed by atoms with E-state index in [0.29, 0.717) is 34.3 Å². The monoisotopic (exact) mass is 412 g/mol. The third-order valence-electron chi connectivity index (χ3n) is 4.21. The molecule has 0 aliphatic carbocycles. The van der Waals surface area contributed by atoms with Crippen LogP contribution in [0.1, 0.15) is 29.7 Å². The first kappa shape index (κ1) is 19.9. The molecule has 0 fully saturated rings. The Kier molecular flexibility index (Phi) is 5.48. The molecule has 3 rings (SSSR count). The van der Waals surface area contributed by atoms with Gasteiger partial charge in [-0.2, -0.15) is 10.5 Å². The van der Waals surface area contributed by atoms with E-state index in [1.165, 1.54) is 7.11 Å². The number of guanidine groups is 1. The van der Waals surface area contributed by atoms with E-state index in [1.54, 1.807) is 18.3 Å². The van der Waals surface area contributed by atoms with Gasteiger partial charge in [-0.25, -0.2) is 9.98 Å². The maximum absolute atomic E-state index is 9.40. The molecule has 0 spiro atoms. The van der Waals surface area contributed by atoms with Crippen LogP contribution in [0.25, 0.3) is 0 Å². The number of nitrogens with two attached hydrogens (primary N) is 2. The molecule has 1 aliphatic heterocycles. The fraction of sp³-hybridized carbons (Fsp3) is 0.222. The highest BCUT2D eigenvalue weighted by Crippen LogP contribution is 2.44. The van der Waals surface area contributed by atoms with Crippen molar-refractivity contribution in [2.24, 2.45) is 4.99 Å². The molecule has 0 amide bonds. The molecular formula is C18H17ClN8O2. The summed E-state index contributed by atoms with van der Waals surface area (Å²) < 4.78 is 11.0. The molecule has 29 heavy (non-hydrogen) atoms. The molecule has 1 aromatic carbocycles. The van der Waals surface area contributed by atoms with Gasteiger partial charge in [0.25, 0.3) is 0 Å². The van der Waals surface area contributed by atoms with Gasteiger partial charge in [-0.3, -0.25) is 5.32 Å². The van der Waals surface area contributed by atoms with Crippen LogP contribution >= 0.6 is 11.6 Å². The fourth-order valence-corrected chi connectivity index (χ4v) is 3.33. The van der Waals surface area contributed by atoms with Crippen LogP contribution < -0.4 is 31.6 Å². The number of nitrogens with one attached hydrogen (secondary N) is 2. The first-order valence-corrected chi connectivity index (χ1v) is 8.81. The lowest BCUT2D eigenvalue weighted by Crippen LogP contribution is -2.32. The topological polar surface area (TPSA) is 167 Å². The SMILES string of the molecule is CCOc1cc(C2N=C(NC#N)Nc3nc(N)c(C#N)c(N)c32)cc(Cl)c1OC. The summed E-state index contributed by atoms with van der Waals surface area (Å²) in [5.41, 5.74) is 13.3. The highest BCUT2D eigenvalue weighted by molar-refractivity contribution is 6.32. The van der Waals surface area contributed by atoms with E-state index in [4.69, 9.17) is 37.8 Å². The first-order chi connectivity index (χ1) is 13.9. The average molecular weight is 413 g/mol.